The lowest BCUT2D eigenvalue weighted by Gasteiger charge is -2.18. The maximum absolute atomic E-state index is 11.9. The molecule has 1 amide bonds. The fourth-order valence-corrected chi connectivity index (χ4v) is 3.69. The smallest absolute Gasteiger partial charge is 0.229 e. The molecule has 3 rings (SSSR count). The molecule has 1 aromatic heterocycles. The molecule has 23 heavy (non-hydrogen) atoms. The van der Waals surface area contributed by atoms with Crippen molar-refractivity contribution in [1.29, 1.82) is 0 Å². The molecule has 2 aromatic rings. The highest BCUT2D eigenvalue weighted by Crippen LogP contribution is 2.35. The predicted octanol–water partition coefficient (Wildman–Crippen LogP) is 3.99. The minimum Gasteiger partial charge on any atom is -0.493 e. The number of ether oxygens (including phenoxy) is 1. The summed E-state index contributed by atoms with van der Waals surface area (Å²) < 4.78 is 5.52. The fourth-order valence-electron chi connectivity index (χ4n) is 2.76. The van der Waals surface area contributed by atoms with Gasteiger partial charge in [-0.1, -0.05) is 48.8 Å². The zero-order valence-corrected chi connectivity index (χ0v) is 13.8. The summed E-state index contributed by atoms with van der Waals surface area (Å²) in [5.74, 6) is 1.20. The van der Waals surface area contributed by atoms with Gasteiger partial charge in [-0.2, -0.15) is 0 Å². The molecule has 0 bridgehead atoms. The first kappa shape index (κ1) is 15.9. The van der Waals surface area contributed by atoms with Crippen molar-refractivity contribution >= 4 is 22.4 Å². The van der Waals surface area contributed by atoms with Crippen LogP contribution in [-0.4, -0.2) is 22.7 Å². The van der Waals surface area contributed by atoms with E-state index in [1.165, 1.54) is 43.4 Å². The summed E-state index contributed by atoms with van der Waals surface area (Å²) in [7, 11) is 0. The number of carbonyl (C=O) groups is 1. The third kappa shape index (κ3) is 4.76. The standard InChI is InChI=1S/C17H21N3O2S/c21-15(11-12-22-14-9-5-2-6-10-14)18-17-20-19-16(23-17)13-7-3-1-4-8-13/h2,5-6,9-10,13H,1,3-4,7-8,11-12H2,(H,18,20,21). The molecule has 1 saturated carbocycles. The van der Waals surface area contributed by atoms with Gasteiger partial charge in [-0.25, -0.2) is 0 Å². The van der Waals surface area contributed by atoms with Crippen LogP contribution >= 0.6 is 11.3 Å². The van der Waals surface area contributed by atoms with E-state index in [0.29, 0.717) is 24.1 Å². The van der Waals surface area contributed by atoms with Gasteiger partial charge in [0.1, 0.15) is 10.8 Å². The Morgan fingerprint density at radius 2 is 1.96 bits per heavy atom. The van der Waals surface area contributed by atoms with Crippen LogP contribution in [-0.2, 0) is 4.79 Å². The molecular formula is C17H21N3O2S. The molecule has 5 nitrogen and oxygen atoms in total. The molecule has 0 atom stereocenters. The first-order valence-corrected chi connectivity index (χ1v) is 8.94. The van der Waals surface area contributed by atoms with Crippen molar-refractivity contribution in [3.05, 3.63) is 35.3 Å². The summed E-state index contributed by atoms with van der Waals surface area (Å²) in [5.41, 5.74) is 0. The Labute approximate surface area is 140 Å². The molecule has 0 saturated heterocycles. The van der Waals surface area contributed by atoms with Crippen LogP contribution in [0.3, 0.4) is 0 Å². The third-order valence-electron chi connectivity index (χ3n) is 3.98. The second-order valence-corrected chi connectivity index (χ2v) is 6.75. The number of carbonyl (C=O) groups excluding carboxylic acids is 1. The maximum atomic E-state index is 11.9. The van der Waals surface area contributed by atoms with Gasteiger partial charge in [0.25, 0.3) is 0 Å². The van der Waals surface area contributed by atoms with E-state index in [9.17, 15) is 4.79 Å². The van der Waals surface area contributed by atoms with Crippen LogP contribution in [0.1, 0.15) is 49.5 Å². The van der Waals surface area contributed by atoms with Crippen LogP contribution in [0.15, 0.2) is 30.3 Å². The molecular weight excluding hydrogens is 310 g/mol. The number of anilines is 1. The zero-order valence-electron chi connectivity index (χ0n) is 13.0. The second-order valence-electron chi connectivity index (χ2n) is 5.74. The van der Waals surface area contributed by atoms with Crippen molar-refractivity contribution in [3.8, 4) is 5.75 Å². The average molecular weight is 331 g/mol. The van der Waals surface area contributed by atoms with E-state index < -0.39 is 0 Å². The van der Waals surface area contributed by atoms with E-state index >= 15 is 0 Å². The highest BCUT2D eigenvalue weighted by atomic mass is 32.1. The molecule has 1 aliphatic rings. The van der Waals surface area contributed by atoms with Crippen LogP contribution in [0.5, 0.6) is 5.75 Å². The van der Waals surface area contributed by atoms with E-state index in [1.54, 1.807) is 0 Å². The third-order valence-corrected chi connectivity index (χ3v) is 4.98. The van der Waals surface area contributed by atoms with Gasteiger partial charge in [0.15, 0.2) is 0 Å². The van der Waals surface area contributed by atoms with Crippen molar-refractivity contribution in [2.75, 3.05) is 11.9 Å². The number of para-hydroxylation sites is 1. The van der Waals surface area contributed by atoms with Gasteiger partial charge in [0, 0.05) is 5.92 Å². The monoisotopic (exact) mass is 331 g/mol. The zero-order chi connectivity index (χ0) is 15.9. The van der Waals surface area contributed by atoms with Crippen molar-refractivity contribution in [2.24, 2.45) is 0 Å². The highest BCUT2D eigenvalue weighted by molar-refractivity contribution is 7.15. The van der Waals surface area contributed by atoms with Gasteiger partial charge < -0.3 is 10.1 Å². The molecule has 0 spiro atoms. The van der Waals surface area contributed by atoms with Gasteiger partial charge >= 0.3 is 0 Å². The molecule has 0 aliphatic heterocycles. The number of hydrogen-bond acceptors (Lipinski definition) is 5. The number of hydrogen-bond donors (Lipinski definition) is 1. The van der Waals surface area contributed by atoms with Gasteiger partial charge in [0.2, 0.25) is 11.0 Å². The van der Waals surface area contributed by atoms with Crippen molar-refractivity contribution in [3.63, 3.8) is 0 Å². The summed E-state index contributed by atoms with van der Waals surface area (Å²) in [6.45, 7) is 0.351. The lowest BCUT2D eigenvalue weighted by atomic mass is 9.90. The number of benzene rings is 1. The van der Waals surface area contributed by atoms with Crippen LogP contribution < -0.4 is 10.1 Å². The molecule has 1 fully saturated rings. The Morgan fingerprint density at radius 3 is 2.74 bits per heavy atom. The van der Waals surface area contributed by atoms with Crippen LogP contribution in [0.4, 0.5) is 5.13 Å². The molecule has 1 aliphatic carbocycles. The van der Waals surface area contributed by atoms with E-state index in [1.807, 2.05) is 30.3 Å². The Hall–Kier alpha value is -1.95. The van der Waals surface area contributed by atoms with Gasteiger partial charge in [0.05, 0.1) is 13.0 Å². The summed E-state index contributed by atoms with van der Waals surface area (Å²) in [6, 6.07) is 9.49. The molecule has 1 aromatic carbocycles. The van der Waals surface area contributed by atoms with Gasteiger partial charge in [-0.05, 0) is 25.0 Å². The van der Waals surface area contributed by atoms with Crippen LogP contribution in [0.25, 0.3) is 0 Å². The molecule has 6 heteroatoms. The van der Waals surface area contributed by atoms with Crippen molar-refractivity contribution in [1.82, 2.24) is 10.2 Å². The van der Waals surface area contributed by atoms with Crippen LogP contribution in [0, 0.1) is 0 Å². The van der Waals surface area contributed by atoms with Gasteiger partial charge in [-0.3, -0.25) is 4.79 Å². The second kappa shape index (κ2) is 8.06. The van der Waals surface area contributed by atoms with Crippen molar-refractivity contribution in [2.45, 2.75) is 44.4 Å². The number of amides is 1. The quantitative estimate of drug-likeness (QED) is 0.869. The van der Waals surface area contributed by atoms with Gasteiger partial charge in [-0.15, -0.1) is 10.2 Å². The minimum atomic E-state index is -0.0905. The lowest BCUT2D eigenvalue weighted by Crippen LogP contribution is -2.15. The largest absolute Gasteiger partial charge is 0.493 e. The first-order valence-electron chi connectivity index (χ1n) is 8.12. The molecule has 0 unspecified atom stereocenters. The summed E-state index contributed by atoms with van der Waals surface area (Å²) in [6.07, 6.45) is 6.53. The summed E-state index contributed by atoms with van der Waals surface area (Å²) >= 11 is 1.50. The molecule has 1 N–H and O–H groups in total. The molecule has 0 radical (unpaired) electrons. The van der Waals surface area contributed by atoms with E-state index in [0.717, 1.165) is 10.8 Å². The first-order chi connectivity index (χ1) is 11.3. The maximum Gasteiger partial charge on any atom is 0.229 e. The Morgan fingerprint density at radius 1 is 1.17 bits per heavy atom. The Balaban J connectivity index is 1.43. The van der Waals surface area contributed by atoms with Crippen LogP contribution in [0.2, 0.25) is 0 Å². The summed E-state index contributed by atoms with van der Waals surface area (Å²) in [4.78, 5) is 11.9. The molecule has 1 heterocycles. The fraction of sp³-hybridized carbons (Fsp3) is 0.471. The number of rotatable bonds is 6. The van der Waals surface area contributed by atoms with E-state index in [-0.39, 0.29) is 5.91 Å². The molecule has 122 valence electrons. The normalized spacial score (nSPS) is 15.3. The van der Waals surface area contributed by atoms with Crippen molar-refractivity contribution < 1.29 is 9.53 Å². The predicted molar refractivity (Wildman–Crippen MR) is 90.9 cm³/mol. The number of aromatic nitrogens is 2. The van der Waals surface area contributed by atoms with E-state index in [2.05, 4.69) is 15.5 Å². The number of nitrogens with zero attached hydrogens (tertiary/aromatic N) is 2. The summed E-state index contributed by atoms with van der Waals surface area (Å²) in [5, 5.41) is 12.8. The highest BCUT2D eigenvalue weighted by Gasteiger charge is 2.20. The topological polar surface area (TPSA) is 64.1 Å². The Bertz CT molecular complexity index is 624. The van der Waals surface area contributed by atoms with E-state index in [4.69, 9.17) is 4.74 Å². The number of nitrogens with one attached hydrogen (secondary N) is 1. The average Bonchev–Trinajstić information content (AvgIpc) is 3.05. The SMILES string of the molecule is O=C(CCOc1ccccc1)Nc1nnc(C2CCCCC2)s1. The lowest BCUT2D eigenvalue weighted by molar-refractivity contribution is -0.116. The Kier molecular flexibility index (Phi) is 5.58. The minimum absolute atomic E-state index is 0.0905.